The van der Waals surface area contributed by atoms with Crippen molar-refractivity contribution in [3.63, 3.8) is 0 Å². The average Bonchev–Trinajstić information content (AvgIpc) is 2.74. The van der Waals surface area contributed by atoms with Crippen LogP contribution in [0.4, 0.5) is 5.69 Å². The van der Waals surface area contributed by atoms with E-state index in [1.807, 2.05) is 31.2 Å². The van der Waals surface area contributed by atoms with Gasteiger partial charge in [0.15, 0.2) is 0 Å². The predicted octanol–water partition coefficient (Wildman–Crippen LogP) is 4.07. The van der Waals surface area contributed by atoms with Gasteiger partial charge >= 0.3 is 0 Å². The Kier molecular flexibility index (Phi) is 6.59. The number of hydrogen-bond donors (Lipinski definition) is 1. The van der Waals surface area contributed by atoms with E-state index in [2.05, 4.69) is 12.2 Å². The third-order valence-corrected chi connectivity index (χ3v) is 7.41. The monoisotopic (exact) mass is 416 g/mol. The van der Waals surface area contributed by atoms with Crippen molar-refractivity contribution in [3.8, 4) is 5.75 Å². The number of benzene rings is 2. The van der Waals surface area contributed by atoms with E-state index in [0.717, 1.165) is 25.7 Å². The van der Waals surface area contributed by atoms with Gasteiger partial charge in [0.05, 0.1) is 7.11 Å². The van der Waals surface area contributed by atoms with Crippen LogP contribution in [-0.4, -0.2) is 38.3 Å². The van der Waals surface area contributed by atoms with E-state index in [9.17, 15) is 13.2 Å². The zero-order valence-electron chi connectivity index (χ0n) is 17.1. The minimum absolute atomic E-state index is 0.0303. The molecular formula is C22H28N2O4S. The second-order valence-corrected chi connectivity index (χ2v) is 9.19. The molecule has 2 aromatic carbocycles. The molecule has 1 atom stereocenters. The Morgan fingerprint density at radius 2 is 1.90 bits per heavy atom. The van der Waals surface area contributed by atoms with Crippen LogP contribution in [0.5, 0.6) is 5.75 Å². The maximum atomic E-state index is 13.3. The Bertz CT molecular complexity index is 971. The molecule has 1 amide bonds. The molecule has 1 N–H and O–H groups in total. The molecule has 1 heterocycles. The quantitative estimate of drug-likeness (QED) is 0.770. The van der Waals surface area contributed by atoms with Gasteiger partial charge in [-0.25, -0.2) is 8.42 Å². The Balaban J connectivity index is 1.90. The molecule has 0 spiro atoms. The molecule has 2 aromatic rings. The van der Waals surface area contributed by atoms with Gasteiger partial charge in [-0.3, -0.25) is 4.79 Å². The molecule has 0 aliphatic carbocycles. The Labute approximate surface area is 172 Å². The Morgan fingerprint density at radius 1 is 1.17 bits per heavy atom. The van der Waals surface area contributed by atoms with Crippen LogP contribution in [0.3, 0.4) is 0 Å². The maximum Gasteiger partial charge on any atom is 0.255 e. The lowest BCUT2D eigenvalue weighted by molar-refractivity contribution is 0.102. The standard InChI is InChI=1S/C22H28N2O4S/c1-4-17-8-11-19(12-9-17)23-22(25)18-10-13-20(28-3)21(15-18)29(26,27)24-14-6-5-7-16(24)2/h8-13,15-16H,4-7,14H2,1-3H3,(H,23,25). The molecule has 1 aliphatic rings. The van der Waals surface area contributed by atoms with Gasteiger partial charge < -0.3 is 10.1 Å². The Morgan fingerprint density at radius 3 is 2.52 bits per heavy atom. The third kappa shape index (κ3) is 4.62. The SMILES string of the molecule is CCc1ccc(NC(=O)c2ccc(OC)c(S(=O)(=O)N3CCCCC3C)c2)cc1. The number of carbonyl (C=O) groups is 1. The summed E-state index contributed by atoms with van der Waals surface area (Å²) in [4.78, 5) is 12.8. The molecule has 1 aliphatic heterocycles. The summed E-state index contributed by atoms with van der Waals surface area (Å²) < 4.78 is 33.4. The lowest BCUT2D eigenvalue weighted by Gasteiger charge is -2.32. The number of amides is 1. The van der Waals surface area contributed by atoms with Gasteiger partial charge in [0.2, 0.25) is 10.0 Å². The zero-order chi connectivity index (χ0) is 21.0. The summed E-state index contributed by atoms with van der Waals surface area (Å²) in [5, 5.41) is 2.83. The number of anilines is 1. The molecule has 0 saturated carbocycles. The molecule has 156 valence electrons. The normalized spacial score (nSPS) is 17.7. The van der Waals surface area contributed by atoms with E-state index in [1.165, 1.54) is 29.1 Å². The first-order valence-corrected chi connectivity index (χ1v) is 11.4. The van der Waals surface area contributed by atoms with Crippen molar-refractivity contribution in [2.75, 3.05) is 19.0 Å². The molecule has 3 rings (SSSR count). The van der Waals surface area contributed by atoms with Crippen LogP contribution >= 0.6 is 0 Å². The number of rotatable bonds is 6. The number of piperidine rings is 1. The minimum Gasteiger partial charge on any atom is -0.495 e. The van der Waals surface area contributed by atoms with Crippen molar-refractivity contribution in [3.05, 3.63) is 53.6 Å². The van der Waals surface area contributed by atoms with Crippen molar-refractivity contribution < 1.29 is 17.9 Å². The highest BCUT2D eigenvalue weighted by molar-refractivity contribution is 7.89. The van der Waals surface area contributed by atoms with Gasteiger partial charge in [0.25, 0.3) is 5.91 Å². The van der Waals surface area contributed by atoms with Crippen molar-refractivity contribution in [1.29, 1.82) is 0 Å². The number of nitrogens with zero attached hydrogens (tertiary/aromatic N) is 1. The summed E-state index contributed by atoms with van der Waals surface area (Å²) in [5.74, 6) is -0.119. The van der Waals surface area contributed by atoms with Crippen LogP contribution in [-0.2, 0) is 16.4 Å². The summed E-state index contributed by atoms with van der Waals surface area (Å²) in [6.07, 6.45) is 3.60. The highest BCUT2D eigenvalue weighted by Gasteiger charge is 2.33. The van der Waals surface area contributed by atoms with E-state index >= 15 is 0 Å². The van der Waals surface area contributed by atoms with Crippen molar-refractivity contribution in [2.24, 2.45) is 0 Å². The number of nitrogens with one attached hydrogen (secondary N) is 1. The smallest absolute Gasteiger partial charge is 0.255 e. The maximum absolute atomic E-state index is 13.3. The topological polar surface area (TPSA) is 75.7 Å². The molecule has 29 heavy (non-hydrogen) atoms. The zero-order valence-corrected chi connectivity index (χ0v) is 18.0. The van der Waals surface area contributed by atoms with E-state index < -0.39 is 10.0 Å². The van der Waals surface area contributed by atoms with E-state index in [0.29, 0.717) is 12.2 Å². The Hall–Kier alpha value is -2.38. The van der Waals surface area contributed by atoms with Crippen LogP contribution in [0.15, 0.2) is 47.4 Å². The number of sulfonamides is 1. The van der Waals surface area contributed by atoms with Gasteiger partial charge in [-0.2, -0.15) is 4.31 Å². The fourth-order valence-electron chi connectivity index (χ4n) is 3.60. The lowest BCUT2D eigenvalue weighted by atomic mass is 10.1. The van der Waals surface area contributed by atoms with Crippen molar-refractivity contribution in [2.45, 2.75) is 50.5 Å². The average molecular weight is 417 g/mol. The van der Waals surface area contributed by atoms with Gasteiger partial charge in [0.1, 0.15) is 10.6 Å². The van der Waals surface area contributed by atoms with Crippen LogP contribution in [0.1, 0.15) is 49.0 Å². The molecule has 1 unspecified atom stereocenters. The summed E-state index contributed by atoms with van der Waals surface area (Å²) in [5.41, 5.74) is 2.11. The summed E-state index contributed by atoms with van der Waals surface area (Å²) >= 11 is 0. The van der Waals surface area contributed by atoms with Gasteiger partial charge in [-0.1, -0.05) is 25.5 Å². The largest absolute Gasteiger partial charge is 0.495 e. The van der Waals surface area contributed by atoms with Crippen LogP contribution in [0.25, 0.3) is 0 Å². The van der Waals surface area contributed by atoms with Crippen LogP contribution in [0.2, 0.25) is 0 Å². The van der Waals surface area contributed by atoms with Gasteiger partial charge in [-0.15, -0.1) is 0 Å². The molecule has 7 heteroatoms. The first-order valence-electron chi connectivity index (χ1n) is 9.97. The minimum atomic E-state index is -3.76. The number of aryl methyl sites for hydroxylation is 1. The first-order chi connectivity index (χ1) is 13.9. The number of hydrogen-bond acceptors (Lipinski definition) is 4. The molecule has 1 saturated heterocycles. The predicted molar refractivity (Wildman–Crippen MR) is 114 cm³/mol. The van der Waals surface area contributed by atoms with E-state index in [-0.39, 0.29) is 28.2 Å². The fraction of sp³-hybridized carbons (Fsp3) is 0.409. The van der Waals surface area contributed by atoms with E-state index in [4.69, 9.17) is 4.74 Å². The van der Waals surface area contributed by atoms with Crippen LogP contribution < -0.4 is 10.1 Å². The molecule has 0 bridgehead atoms. The summed E-state index contributed by atoms with van der Waals surface area (Å²) in [6.45, 7) is 4.46. The molecule has 1 fully saturated rings. The van der Waals surface area contributed by atoms with Crippen LogP contribution in [0, 0.1) is 0 Å². The molecular weight excluding hydrogens is 388 g/mol. The third-order valence-electron chi connectivity index (χ3n) is 5.37. The van der Waals surface area contributed by atoms with Gasteiger partial charge in [-0.05, 0) is 62.1 Å². The number of methoxy groups -OCH3 is 1. The van der Waals surface area contributed by atoms with E-state index in [1.54, 1.807) is 6.07 Å². The highest BCUT2D eigenvalue weighted by atomic mass is 32.2. The lowest BCUT2D eigenvalue weighted by Crippen LogP contribution is -2.42. The van der Waals surface area contributed by atoms with Gasteiger partial charge in [0, 0.05) is 23.8 Å². The molecule has 0 aromatic heterocycles. The summed E-state index contributed by atoms with van der Waals surface area (Å²) in [7, 11) is -2.33. The summed E-state index contributed by atoms with van der Waals surface area (Å²) in [6, 6.07) is 12.0. The molecule has 0 radical (unpaired) electrons. The number of carbonyl (C=O) groups excluding carboxylic acids is 1. The molecule has 6 nitrogen and oxygen atoms in total. The number of ether oxygens (including phenoxy) is 1. The van der Waals surface area contributed by atoms with Crippen molar-refractivity contribution in [1.82, 2.24) is 4.31 Å². The van der Waals surface area contributed by atoms with Crippen molar-refractivity contribution >= 4 is 21.6 Å². The first kappa shape index (κ1) is 21.3. The second kappa shape index (κ2) is 8.97. The highest BCUT2D eigenvalue weighted by Crippen LogP contribution is 2.32. The fourth-order valence-corrected chi connectivity index (χ4v) is 5.48. The second-order valence-electron chi connectivity index (χ2n) is 7.33.